The molecule has 4 N–H and O–H groups in total. The molecule has 0 radical (unpaired) electrons. The first-order chi connectivity index (χ1) is 9.52. The molecule has 6 heteroatoms. The van der Waals surface area contributed by atoms with Crippen molar-refractivity contribution in [3.05, 3.63) is 47.8 Å². The number of primary amides is 1. The van der Waals surface area contributed by atoms with Gasteiger partial charge in [0.25, 0.3) is 5.91 Å². The molecule has 0 aromatic heterocycles. The second kappa shape index (κ2) is 5.48. The zero-order valence-electron chi connectivity index (χ0n) is 10.7. The lowest BCUT2D eigenvalue weighted by Crippen LogP contribution is -2.12. The predicted molar refractivity (Wildman–Crippen MR) is 72.4 cm³/mol. The Labute approximate surface area is 114 Å². The summed E-state index contributed by atoms with van der Waals surface area (Å²) in [5.74, 6) is -0.605. The lowest BCUT2D eigenvalue weighted by atomic mass is 10.2. The van der Waals surface area contributed by atoms with Gasteiger partial charge in [-0.2, -0.15) is 0 Å². The number of methoxy groups -OCH3 is 1. The Kier molecular flexibility index (Phi) is 3.74. The number of nitrogen functional groups attached to an aromatic ring is 1. The molecule has 0 unspecified atom stereocenters. The molecule has 20 heavy (non-hydrogen) atoms. The van der Waals surface area contributed by atoms with Gasteiger partial charge in [-0.15, -0.1) is 0 Å². The molecule has 2 aromatic rings. The maximum absolute atomic E-state index is 13.6. The molecule has 0 bridgehead atoms. The van der Waals surface area contributed by atoms with Gasteiger partial charge in [0.05, 0.1) is 12.7 Å². The fourth-order valence-corrected chi connectivity index (χ4v) is 1.68. The van der Waals surface area contributed by atoms with E-state index in [4.69, 9.17) is 20.9 Å². The Morgan fingerprint density at radius 1 is 1.20 bits per heavy atom. The number of ether oxygens (including phenoxy) is 2. The third-order valence-electron chi connectivity index (χ3n) is 2.68. The number of hydrogen-bond acceptors (Lipinski definition) is 4. The number of halogens is 1. The second-order valence-corrected chi connectivity index (χ2v) is 3.98. The van der Waals surface area contributed by atoms with Crippen molar-refractivity contribution in [2.24, 2.45) is 5.73 Å². The molecule has 0 aliphatic carbocycles. The number of anilines is 1. The summed E-state index contributed by atoms with van der Waals surface area (Å²) in [4.78, 5) is 10.9. The lowest BCUT2D eigenvalue weighted by molar-refractivity contribution is 0.0996. The molecule has 5 nitrogen and oxygen atoms in total. The van der Waals surface area contributed by atoms with Crippen molar-refractivity contribution < 1.29 is 18.7 Å². The van der Waals surface area contributed by atoms with Crippen molar-refractivity contribution in [2.75, 3.05) is 12.8 Å². The van der Waals surface area contributed by atoms with Crippen LogP contribution in [0.2, 0.25) is 0 Å². The fraction of sp³-hybridized carbons (Fsp3) is 0.0714. The van der Waals surface area contributed by atoms with Gasteiger partial charge in [0, 0.05) is 6.07 Å². The minimum atomic E-state index is -0.838. The first-order valence-corrected chi connectivity index (χ1v) is 5.72. The van der Waals surface area contributed by atoms with Crippen LogP contribution in [0.1, 0.15) is 10.4 Å². The van der Waals surface area contributed by atoms with Gasteiger partial charge in [-0.25, -0.2) is 4.39 Å². The molecule has 2 rings (SSSR count). The van der Waals surface area contributed by atoms with E-state index < -0.39 is 11.7 Å². The highest BCUT2D eigenvalue weighted by atomic mass is 19.1. The van der Waals surface area contributed by atoms with Crippen LogP contribution < -0.4 is 20.9 Å². The predicted octanol–water partition coefficient (Wildman–Crippen LogP) is 2.31. The van der Waals surface area contributed by atoms with Crippen LogP contribution >= 0.6 is 0 Å². The van der Waals surface area contributed by atoms with E-state index in [1.54, 1.807) is 18.2 Å². The largest absolute Gasteiger partial charge is 0.494 e. The van der Waals surface area contributed by atoms with E-state index in [2.05, 4.69) is 0 Å². The standard InChI is InChI=1S/C14H13FN2O3/c1-19-11-3-2-4-12(13(11)16)20-8-5-6-9(14(17)18)10(15)7-8/h2-7H,16H2,1H3,(H2,17,18). The quantitative estimate of drug-likeness (QED) is 0.839. The first-order valence-electron chi connectivity index (χ1n) is 5.72. The molecule has 104 valence electrons. The highest BCUT2D eigenvalue weighted by molar-refractivity contribution is 5.93. The summed E-state index contributed by atoms with van der Waals surface area (Å²) < 4.78 is 24.1. The molecule has 2 aromatic carbocycles. The Balaban J connectivity index is 2.31. The zero-order chi connectivity index (χ0) is 14.7. The summed E-state index contributed by atoms with van der Waals surface area (Å²) in [7, 11) is 1.48. The minimum Gasteiger partial charge on any atom is -0.494 e. The van der Waals surface area contributed by atoms with Gasteiger partial charge in [0.1, 0.15) is 23.0 Å². The summed E-state index contributed by atoms with van der Waals surface area (Å²) in [6.45, 7) is 0. The molecular weight excluding hydrogens is 263 g/mol. The van der Waals surface area contributed by atoms with Crippen molar-refractivity contribution in [2.45, 2.75) is 0 Å². The lowest BCUT2D eigenvalue weighted by Gasteiger charge is -2.11. The normalized spacial score (nSPS) is 10.1. The molecule has 0 atom stereocenters. The monoisotopic (exact) mass is 276 g/mol. The van der Waals surface area contributed by atoms with E-state index in [1.807, 2.05) is 0 Å². The average molecular weight is 276 g/mol. The first kappa shape index (κ1) is 13.7. The summed E-state index contributed by atoms with van der Waals surface area (Å²) in [6.07, 6.45) is 0. The van der Waals surface area contributed by atoms with Crippen molar-refractivity contribution in [3.8, 4) is 17.2 Å². The van der Waals surface area contributed by atoms with Crippen LogP contribution in [0.3, 0.4) is 0 Å². The van der Waals surface area contributed by atoms with Crippen LogP contribution in [0.5, 0.6) is 17.2 Å². The number of benzene rings is 2. The highest BCUT2D eigenvalue weighted by Gasteiger charge is 2.11. The van der Waals surface area contributed by atoms with Crippen LogP contribution in [0, 0.1) is 5.82 Å². The Morgan fingerprint density at radius 2 is 1.90 bits per heavy atom. The number of rotatable bonds is 4. The third kappa shape index (κ3) is 2.64. The average Bonchev–Trinajstić information content (AvgIpc) is 2.41. The molecule has 0 saturated heterocycles. The topological polar surface area (TPSA) is 87.6 Å². The van der Waals surface area contributed by atoms with Crippen molar-refractivity contribution in [3.63, 3.8) is 0 Å². The third-order valence-corrected chi connectivity index (χ3v) is 2.68. The summed E-state index contributed by atoms with van der Waals surface area (Å²) >= 11 is 0. The van der Waals surface area contributed by atoms with Gasteiger partial charge >= 0.3 is 0 Å². The van der Waals surface area contributed by atoms with Crippen LogP contribution in [0.15, 0.2) is 36.4 Å². The molecular formula is C14H13FN2O3. The number of hydrogen-bond donors (Lipinski definition) is 2. The Bertz CT molecular complexity index is 659. The summed E-state index contributed by atoms with van der Waals surface area (Å²) in [5.41, 5.74) is 11.0. The van der Waals surface area contributed by atoms with Gasteiger partial charge < -0.3 is 20.9 Å². The molecule has 0 fully saturated rings. The van der Waals surface area contributed by atoms with Gasteiger partial charge in [-0.3, -0.25) is 4.79 Å². The number of amides is 1. The van der Waals surface area contributed by atoms with E-state index in [9.17, 15) is 9.18 Å². The molecule has 0 aliphatic heterocycles. The summed E-state index contributed by atoms with van der Waals surface area (Å²) in [5, 5.41) is 0. The van der Waals surface area contributed by atoms with Crippen LogP contribution in [-0.2, 0) is 0 Å². The van der Waals surface area contributed by atoms with Gasteiger partial charge in [-0.05, 0) is 24.3 Å². The number of nitrogens with two attached hydrogens (primary N) is 2. The van der Waals surface area contributed by atoms with Crippen LogP contribution in [0.4, 0.5) is 10.1 Å². The maximum Gasteiger partial charge on any atom is 0.251 e. The Morgan fingerprint density at radius 3 is 2.50 bits per heavy atom. The van der Waals surface area contributed by atoms with Gasteiger partial charge in [0.2, 0.25) is 0 Å². The number of carbonyl (C=O) groups is 1. The van der Waals surface area contributed by atoms with Crippen LogP contribution in [-0.4, -0.2) is 13.0 Å². The van der Waals surface area contributed by atoms with Gasteiger partial charge in [0.15, 0.2) is 5.75 Å². The molecule has 0 heterocycles. The second-order valence-electron chi connectivity index (χ2n) is 3.98. The van der Waals surface area contributed by atoms with E-state index in [0.717, 1.165) is 6.07 Å². The highest BCUT2D eigenvalue weighted by Crippen LogP contribution is 2.34. The molecule has 1 amide bonds. The van der Waals surface area contributed by atoms with Crippen molar-refractivity contribution in [1.82, 2.24) is 0 Å². The van der Waals surface area contributed by atoms with E-state index in [1.165, 1.54) is 19.2 Å². The fourth-order valence-electron chi connectivity index (χ4n) is 1.68. The van der Waals surface area contributed by atoms with Crippen molar-refractivity contribution >= 4 is 11.6 Å². The van der Waals surface area contributed by atoms with Crippen LogP contribution in [0.25, 0.3) is 0 Å². The molecule has 0 spiro atoms. The zero-order valence-corrected chi connectivity index (χ0v) is 10.7. The van der Waals surface area contributed by atoms with E-state index in [0.29, 0.717) is 17.2 Å². The van der Waals surface area contributed by atoms with Gasteiger partial charge in [-0.1, -0.05) is 6.07 Å². The van der Waals surface area contributed by atoms with E-state index in [-0.39, 0.29) is 11.3 Å². The SMILES string of the molecule is COc1cccc(Oc2ccc(C(N)=O)c(F)c2)c1N. The number of carbonyl (C=O) groups excluding carboxylic acids is 1. The summed E-state index contributed by atoms with van der Waals surface area (Å²) in [6, 6.07) is 8.75. The maximum atomic E-state index is 13.6. The molecule has 0 aliphatic rings. The van der Waals surface area contributed by atoms with Crippen molar-refractivity contribution in [1.29, 1.82) is 0 Å². The van der Waals surface area contributed by atoms with E-state index >= 15 is 0 Å². The molecule has 0 saturated carbocycles. The smallest absolute Gasteiger partial charge is 0.251 e. The number of para-hydroxylation sites is 1. The Hall–Kier alpha value is -2.76. The minimum absolute atomic E-state index is 0.198.